The Morgan fingerprint density at radius 2 is 2.09 bits per heavy atom. The molecule has 0 unspecified atom stereocenters. The number of carbonyl (C=O) groups excluding carboxylic acids is 2. The van der Waals surface area contributed by atoms with Gasteiger partial charge in [0.05, 0.1) is 6.04 Å². The molecule has 4 rings (SSSR count). The van der Waals surface area contributed by atoms with Crippen LogP contribution in [-0.4, -0.2) is 58.7 Å². The number of piperazine rings is 1. The Bertz CT molecular complexity index is 811. The Balaban J connectivity index is 1.62. The van der Waals surface area contributed by atoms with Gasteiger partial charge >= 0.3 is 6.09 Å². The molecule has 2 amide bonds. The summed E-state index contributed by atoms with van der Waals surface area (Å²) in [5.74, 6) is 0.0142. The second-order valence-corrected chi connectivity index (χ2v) is 6.33. The SMILES string of the molecule is Cc1ccc2c(c1)cc(C(=O)N1CCN3C(=O)OC[C@H]3C1)n2C. The van der Waals surface area contributed by atoms with Gasteiger partial charge in [0, 0.05) is 37.6 Å². The van der Waals surface area contributed by atoms with E-state index in [0.717, 1.165) is 10.9 Å². The molecule has 2 aromatic rings. The first-order valence-corrected chi connectivity index (χ1v) is 7.83. The molecule has 120 valence electrons. The summed E-state index contributed by atoms with van der Waals surface area (Å²) in [6, 6.07) is 8.12. The van der Waals surface area contributed by atoms with E-state index in [-0.39, 0.29) is 18.0 Å². The minimum atomic E-state index is -0.262. The van der Waals surface area contributed by atoms with Crippen molar-refractivity contribution in [3.05, 3.63) is 35.5 Å². The van der Waals surface area contributed by atoms with E-state index in [1.165, 1.54) is 5.56 Å². The van der Waals surface area contributed by atoms with Crippen LogP contribution in [0.15, 0.2) is 24.3 Å². The predicted octanol–water partition coefficient (Wildman–Crippen LogP) is 1.76. The maximum atomic E-state index is 12.9. The first kappa shape index (κ1) is 14.1. The number of fused-ring (bicyclic) bond motifs is 2. The summed E-state index contributed by atoms with van der Waals surface area (Å²) in [6.07, 6.45) is -0.262. The maximum Gasteiger partial charge on any atom is 0.410 e. The quantitative estimate of drug-likeness (QED) is 0.806. The highest BCUT2D eigenvalue weighted by Crippen LogP contribution is 2.23. The minimum absolute atomic E-state index is 0.0142. The van der Waals surface area contributed by atoms with E-state index >= 15 is 0 Å². The Labute approximate surface area is 134 Å². The predicted molar refractivity (Wildman–Crippen MR) is 85.4 cm³/mol. The molecule has 6 nitrogen and oxygen atoms in total. The van der Waals surface area contributed by atoms with Crippen molar-refractivity contribution in [1.29, 1.82) is 0 Å². The van der Waals surface area contributed by atoms with Crippen LogP contribution in [0.1, 0.15) is 16.1 Å². The highest BCUT2D eigenvalue weighted by Gasteiger charge is 2.39. The van der Waals surface area contributed by atoms with Crippen LogP contribution in [0, 0.1) is 6.92 Å². The summed E-state index contributed by atoms with van der Waals surface area (Å²) < 4.78 is 7.01. The summed E-state index contributed by atoms with van der Waals surface area (Å²) in [7, 11) is 1.92. The molecule has 0 spiro atoms. The zero-order valence-corrected chi connectivity index (χ0v) is 13.3. The van der Waals surface area contributed by atoms with Crippen LogP contribution in [0.2, 0.25) is 0 Å². The molecule has 3 heterocycles. The zero-order chi connectivity index (χ0) is 16.1. The fraction of sp³-hybridized carbons (Fsp3) is 0.412. The molecule has 0 saturated carbocycles. The van der Waals surface area contributed by atoms with Gasteiger partial charge in [0.1, 0.15) is 12.3 Å². The fourth-order valence-electron chi connectivity index (χ4n) is 3.51. The molecule has 0 aliphatic carbocycles. The Hall–Kier alpha value is -2.50. The van der Waals surface area contributed by atoms with Gasteiger partial charge < -0.3 is 14.2 Å². The van der Waals surface area contributed by atoms with Crippen LogP contribution in [0.3, 0.4) is 0 Å². The van der Waals surface area contributed by atoms with Gasteiger partial charge in [-0.2, -0.15) is 0 Å². The first-order chi connectivity index (χ1) is 11.0. The standard InChI is InChI=1S/C17H19N3O3/c1-11-3-4-14-12(7-11)8-15(18(14)2)16(21)19-5-6-20-13(9-19)10-23-17(20)22/h3-4,7-8,13H,5-6,9-10H2,1-2H3/t13-/m1/s1. The first-order valence-electron chi connectivity index (χ1n) is 7.83. The number of benzene rings is 1. The van der Waals surface area contributed by atoms with E-state index in [1.54, 1.807) is 4.90 Å². The second kappa shape index (κ2) is 5.01. The molecule has 1 atom stereocenters. The van der Waals surface area contributed by atoms with Crippen molar-refractivity contribution in [3.63, 3.8) is 0 Å². The van der Waals surface area contributed by atoms with Gasteiger partial charge in [-0.25, -0.2) is 4.79 Å². The molecule has 0 N–H and O–H groups in total. The van der Waals surface area contributed by atoms with Crippen LogP contribution < -0.4 is 0 Å². The van der Waals surface area contributed by atoms with E-state index in [0.29, 0.717) is 31.9 Å². The molecule has 2 fully saturated rings. The van der Waals surface area contributed by atoms with Crippen molar-refractivity contribution in [2.24, 2.45) is 7.05 Å². The van der Waals surface area contributed by atoms with Crippen LogP contribution in [0.5, 0.6) is 0 Å². The average Bonchev–Trinajstić information content (AvgIpc) is 3.07. The number of cyclic esters (lactones) is 1. The van der Waals surface area contributed by atoms with Crippen molar-refractivity contribution in [2.75, 3.05) is 26.2 Å². The van der Waals surface area contributed by atoms with E-state index in [1.807, 2.05) is 35.6 Å². The van der Waals surface area contributed by atoms with Crippen molar-refractivity contribution >= 4 is 22.9 Å². The third-order valence-corrected chi connectivity index (χ3v) is 4.82. The third-order valence-electron chi connectivity index (χ3n) is 4.82. The average molecular weight is 313 g/mol. The molecular formula is C17H19N3O3. The number of hydrogen-bond acceptors (Lipinski definition) is 3. The summed E-state index contributed by atoms with van der Waals surface area (Å²) >= 11 is 0. The molecule has 23 heavy (non-hydrogen) atoms. The molecule has 6 heteroatoms. The van der Waals surface area contributed by atoms with Crippen LogP contribution in [-0.2, 0) is 11.8 Å². The number of aryl methyl sites for hydroxylation is 2. The lowest BCUT2D eigenvalue weighted by molar-refractivity contribution is 0.0608. The molecule has 2 aliphatic heterocycles. The van der Waals surface area contributed by atoms with Gasteiger partial charge in [0.25, 0.3) is 5.91 Å². The molecule has 2 saturated heterocycles. The molecule has 2 aliphatic rings. The van der Waals surface area contributed by atoms with Crippen LogP contribution >= 0.6 is 0 Å². The lowest BCUT2D eigenvalue weighted by atomic mass is 10.1. The number of hydrogen-bond donors (Lipinski definition) is 0. The minimum Gasteiger partial charge on any atom is -0.447 e. The molecule has 1 aromatic heterocycles. The number of rotatable bonds is 1. The van der Waals surface area contributed by atoms with Gasteiger partial charge in [-0.3, -0.25) is 9.69 Å². The van der Waals surface area contributed by atoms with Crippen molar-refractivity contribution in [2.45, 2.75) is 13.0 Å². The van der Waals surface area contributed by atoms with Gasteiger partial charge in [0.15, 0.2) is 0 Å². The Kier molecular flexibility index (Phi) is 3.07. The van der Waals surface area contributed by atoms with Crippen molar-refractivity contribution in [3.8, 4) is 0 Å². The van der Waals surface area contributed by atoms with Crippen LogP contribution in [0.25, 0.3) is 10.9 Å². The zero-order valence-electron chi connectivity index (χ0n) is 13.3. The van der Waals surface area contributed by atoms with Crippen molar-refractivity contribution in [1.82, 2.24) is 14.4 Å². The number of aromatic nitrogens is 1. The highest BCUT2D eigenvalue weighted by molar-refractivity contribution is 5.99. The summed E-state index contributed by atoms with van der Waals surface area (Å²) in [5.41, 5.74) is 2.92. The molecule has 0 bridgehead atoms. The van der Waals surface area contributed by atoms with Crippen LogP contribution in [0.4, 0.5) is 4.79 Å². The van der Waals surface area contributed by atoms with Gasteiger partial charge in [0.2, 0.25) is 0 Å². The monoisotopic (exact) mass is 313 g/mol. The summed E-state index contributed by atoms with van der Waals surface area (Å²) in [5, 5.41) is 1.08. The number of ether oxygens (including phenoxy) is 1. The lowest BCUT2D eigenvalue weighted by Crippen LogP contribution is -2.53. The number of carbonyl (C=O) groups is 2. The van der Waals surface area contributed by atoms with Gasteiger partial charge in [-0.1, -0.05) is 11.6 Å². The van der Waals surface area contributed by atoms with Gasteiger partial charge in [-0.15, -0.1) is 0 Å². The highest BCUT2D eigenvalue weighted by atomic mass is 16.6. The van der Waals surface area contributed by atoms with E-state index in [2.05, 4.69) is 12.1 Å². The fourth-order valence-corrected chi connectivity index (χ4v) is 3.51. The number of nitrogens with zero attached hydrogens (tertiary/aromatic N) is 3. The smallest absolute Gasteiger partial charge is 0.410 e. The van der Waals surface area contributed by atoms with Crippen molar-refractivity contribution < 1.29 is 14.3 Å². The topological polar surface area (TPSA) is 54.8 Å². The van der Waals surface area contributed by atoms with Gasteiger partial charge in [-0.05, 0) is 25.1 Å². The molecule has 1 aromatic carbocycles. The third kappa shape index (κ3) is 2.17. The van der Waals surface area contributed by atoms with E-state index in [4.69, 9.17) is 4.74 Å². The molecular weight excluding hydrogens is 294 g/mol. The summed E-state index contributed by atoms with van der Waals surface area (Å²) in [6.45, 7) is 4.04. The summed E-state index contributed by atoms with van der Waals surface area (Å²) in [4.78, 5) is 28.0. The lowest BCUT2D eigenvalue weighted by Gasteiger charge is -2.35. The molecule has 0 radical (unpaired) electrons. The van der Waals surface area contributed by atoms with E-state index in [9.17, 15) is 9.59 Å². The normalized spacial score (nSPS) is 20.8. The second-order valence-electron chi connectivity index (χ2n) is 6.33. The van der Waals surface area contributed by atoms with E-state index < -0.39 is 0 Å². The Morgan fingerprint density at radius 1 is 1.26 bits per heavy atom. The number of amides is 2. The Morgan fingerprint density at radius 3 is 2.91 bits per heavy atom. The maximum absolute atomic E-state index is 12.9. The largest absolute Gasteiger partial charge is 0.447 e.